The maximum atomic E-state index is 14.4. The second kappa shape index (κ2) is 14.7. The Balaban J connectivity index is 1.76. The standard InChI is InChI=1S/C34H33F2O9PS/c1-47(42,43)24-29-14-12-25(13-15-29)20-33(31(37)44-22-27-8-4-2-5-9-27,32(38)45-23-28-10-6-3-7-11-28)21-26-16-18-30(19-17-26)34(35,36)46(39,40)41/h2-19H,20-24H2,1H3,(H2,39,40,41). The van der Waals surface area contributed by atoms with Gasteiger partial charge in [0.25, 0.3) is 0 Å². The Bertz CT molecular complexity index is 1770. The van der Waals surface area contributed by atoms with E-state index in [2.05, 4.69) is 0 Å². The van der Waals surface area contributed by atoms with Gasteiger partial charge in [-0.3, -0.25) is 14.2 Å². The molecule has 0 saturated heterocycles. The molecular formula is C34H33F2O9PS. The molecule has 2 N–H and O–H groups in total. The number of alkyl halides is 2. The predicted molar refractivity (Wildman–Crippen MR) is 170 cm³/mol. The second-order valence-corrected chi connectivity index (χ2v) is 15.0. The second-order valence-electron chi connectivity index (χ2n) is 11.2. The van der Waals surface area contributed by atoms with E-state index >= 15 is 0 Å². The number of carbonyl (C=O) groups excluding carboxylic acids is 2. The minimum absolute atomic E-state index is 0.186. The quantitative estimate of drug-likeness (QED) is 0.0968. The molecule has 13 heteroatoms. The monoisotopic (exact) mass is 686 g/mol. The number of ether oxygens (including phenoxy) is 2. The van der Waals surface area contributed by atoms with E-state index in [-0.39, 0.29) is 37.4 Å². The highest BCUT2D eigenvalue weighted by molar-refractivity contribution is 7.89. The summed E-state index contributed by atoms with van der Waals surface area (Å²) in [6.07, 6.45) is 0.438. The topological polar surface area (TPSA) is 144 Å². The van der Waals surface area contributed by atoms with Gasteiger partial charge in [-0.25, -0.2) is 8.42 Å². The third-order valence-corrected chi connectivity index (χ3v) is 9.19. The molecule has 4 rings (SSSR count). The average molecular weight is 687 g/mol. The SMILES string of the molecule is CS(=O)(=O)Cc1ccc(CC(Cc2ccc(C(F)(F)P(=O)(O)O)cc2)(C(=O)OCc2ccccc2)C(=O)OCc2ccccc2)cc1. The number of halogens is 2. The molecule has 4 aromatic rings. The zero-order valence-electron chi connectivity index (χ0n) is 25.3. The minimum atomic E-state index is -5.84. The number of hydrogen-bond acceptors (Lipinski definition) is 7. The third kappa shape index (κ3) is 9.42. The molecule has 47 heavy (non-hydrogen) atoms. The normalized spacial score (nSPS) is 12.4. The summed E-state index contributed by atoms with van der Waals surface area (Å²) in [6.45, 7) is -0.373. The summed E-state index contributed by atoms with van der Waals surface area (Å²) in [7, 11) is -9.17. The van der Waals surface area contributed by atoms with Crippen LogP contribution >= 0.6 is 7.60 Å². The van der Waals surface area contributed by atoms with E-state index in [4.69, 9.17) is 19.3 Å². The van der Waals surface area contributed by atoms with Gasteiger partial charge in [-0.15, -0.1) is 0 Å². The summed E-state index contributed by atoms with van der Waals surface area (Å²) in [6, 6.07) is 27.7. The highest BCUT2D eigenvalue weighted by Crippen LogP contribution is 2.59. The van der Waals surface area contributed by atoms with E-state index < -0.39 is 46.0 Å². The van der Waals surface area contributed by atoms with Crippen molar-refractivity contribution >= 4 is 29.4 Å². The fourth-order valence-electron chi connectivity index (χ4n) is 4.90. The molecule has 0 heterocycles. The van der Waals surface area contributed by atoms with Gasteiger partial charge in [0, 0.05) is 11.8 Å². The van der Waals surface area contributed by atoms with Crippen LogP contribution in [0.3, 0.4) is 0 Å². The molecule has 0 fully saturated rings. The van der Waals surface area contributed by atoms with Crippen molar-refractivity contribution in [2.75, 3.05) is 6.26 Å². The van der Waals surface area contributed by atoms with Crippen molar-refractivity contribution in [2.45, 2.75) is 37.5 Å². The maximum Gasteiger partial charge on any atom is 0.399 e. The van der Waals surface area contributed by atoms with Gasteiger partial charge in [0.05, 0.1) is 5.75 Å². The number of esters is 2. The fourth-order valence-corrected chi connectivity index (χ4v) is 6.18. The van der Waals surface area contributed by atoms with Gasteiger partial charge < -0.3 is 19.3 Å². The van der Waals surface area contributed by atoms with Crippen molar-refractivity contribution in [2.24, 2.45) is 5.41 Å². The van der Waals surface area contributed by atoms with Crippen LogP contribution in [0.25, 0.3) is 0 Å². The lowest BCUT2D eigenvalue weighted by molar-refractivity contribution is -0.174. The molecule has 0 aliphatic rings. The lowest BCUT2D eigenvalue weighted by Gasteiger charge is -2.30. The van der Waals surface area contributed by atoms with Gasteiger partial charge in [0.1, 0.15) is 13.2 Å². The van der Waals surface area contributed by atoms with E-state index in [1.54, 1.807) is 84.9 Å². The molecule has 0 amide bonds. The number of hydrogen-bond donors (Lipinski definition) is 2. The number of benzene rings is 4. The molecule has 0 radical (unpaired) electrons. The van der Waals surface area contributed by atoms with Crippen molar-refractivity contribution in [3.63, 3.8) is 0 Å². The fraction of sp³-hybridized carbons (Fsp3) is 0.235. The summed E-state index contributed by atoms with van der Waals surface area (Å²) in [4.78, 5) is 46.5. The highest BCUT2D eigenvalue weighted by Gasteiger charge is 2.51. The molecule has 4 aromatic carbocycles. The predicted octanol–water partition coefficient (Wildman–Crippen LogP) is 5.72. The summed E-state index contributed by atoms with van der Waals surface area (Å²) in [5, 5.41) is 0. The molecule has 0 aliphatic carbocycles. The van der Waals surface area contributed by atoms with Gasteiger partial charge in [-0.1, -0.05) is 109 Å². The Morgan fingerprint density at radius 1 is 0.660 bits per heavy atom. The van der Waals surface area contributed by atoms with Gasteiger partial charge in [-0.2, -0.15) is 8.78 Å². The molecular weight excluding hydrogens is 653 g/mol. The molecule has 9 nitrogen and oxygen atoms in total. The Morgan fingerprint density at radius 3 is 1.43 bits per heavy atom. The first-order chi connectivity index (χ1) is 22.1. The van der Waals surface area contributed by atoms with Crippen LogP contribution in [0, 0.1) is 5.41 Å². The highest BCUT2D eigenvalue weighted by atomic mass is 32.2. The number of sulfone groups is 1. The average Bonchev–Trinajstić information content (AvgIpc) is 3.03. The van der Waals surface area contributed by atoms with Gasteiger partial charge >= 0.3 is 25.2 Å². The van der Waals surface area contributed by atoms with Crippen LogP contribution in [-0.2, 0) is 70.9 Å². The molecule has 0 atom stereocenters. The van der Waals surface area contributed by atoms with Gasteiger partial charge in [-0.05, 0) is 40.7 Å². The molecule has 0 aromatic heterocycles. The first-order valence-electron chi connectivity index (χ1n) is 14.3. The summed E-state index contributed by atoms with van der Waals surface area (Å²) in [5.74, 6) is -2.13. The largest absolute Gasteiger partial charge is 0.460 e. The summed E-state index contributed by atoms with van der Waals surface area (Å²) in [5.41, 5.74) is -5.03. The lowest BCUT2D eigenvalue weighted by Crippen LogP contribution is -2.45. The van der Waals surface area contributed by atoms with Crippen LogP contribution < -0.4 is 0 Å². The van der Waals surface area contributed by atoms with Crippen LogP contribution in [0.15, 0.2) is 109 Å². The van der Waals surface area contributed by atoms with Crippen LogP contribution in [0.5, 0.6) is 0 Å². The number of rotatable bonds is 14. The van der Waals surface area contributed by atoms with E-state index in [1.807, 2.05) is 0 Å². The smallest absolute Gasteiger partial charge is 0.399 e. The molecule has 0 unspecified atom stereocenters. The molecule has 0 spiro atoms. The van der Waals surface area contributed by atoms with Crippen molar-refractivity contribution in [3.8, 4) is 0 Å². The molecule has 0 aliphatic heterocycles. The number of carbonyl (C=O) groups is 2. The van der Waals surface area contributed by atoms with E-state index in [1.165, 1.54) is 0 Å². The van der Waals surface area contributed by atoms with E-state index in [9.17, 15) is 31.4 Å². The summed E-state index contributed by atoms with van der Waals surface area (Å²) < 4.78 is 75.2. The van der Waals surface area contributed by atoms with Crippen LogP contribution in [0.2, 0.25) is 0 Å². The zero-order chi connectivity index (χ0) is 34.3. The van der Waals surface area contributed by atoms with Crippen molar-refractivity contribution in [1.82, 2.24) is 0 Å². The first kappa shape index (κ1) is 35.6. The first-order valence-corrected chi connectivity index (χ1v) is 18.0. The summed E-state index contributed by atoms with van der Waals surface area (Å²) >= 11 is 0. The maximum absolute atomic E-state index is 14.4. The third-order valence-electron chi connectivity index (χ3n) is 7.34. The van der Waals surface area contributed by atoms with Crippen molar-refractivity contribution in [3.05, 3.63) is 143 Å². The Kier molecular flexibility index (Phi) is 11.1. The Labute approximate surface area is 271 Å². The van der Waals surface area contributed by atoms with Crippen LogP contribution in [-0.4, -0.2) is 36.4 Å². The lowest BCUT2D eigenvalue weighted by atomic mass is 9.76. The molecule has 248 valence electrons. The molecule has 0 saturated carbocycles. The van der Waals surface area contributed by atoms with Crippen molar-refractivity contribution in [1.29, 1.82) is 0 Å². The minimum Gasteiger partial charge on any atom is -0.460 e. The van der Waals surface area contributed by atoms with Gasteiger partial charge in [0.15, 0.2) is 15.3 Å². The van der Waals surface area contributed by atoms with Crippen LogP contribution in [0.4, 0.5) is 8.78 Å². The van der Waals surface area contributed by atoms with E-state index in [0.717, 1.165) is 30.5 Å². The van der Waals surface area contributed by atoms with Crippen molar-refractivity contribution < 1.29 is 50.6 Å². The van der Waals surface area contributed by atoms with Gasteiger partial charge in [0.2, 0.25) is 0 Å². The Hall–Kier alpha value is -4.22. The van der Waals surface area contributed by atoms with Crippen LogP contribution in [0.1, 0.15) is 33.4 Å². The molecule has 0 bridgehead atoms. The zero-order valence-corrected chi connectivity index (χ0v) is 27.0. The van der Waals surface area contributed by atoms with E-state index in [0.29, 0.717) is 22.3 Å². The Morgan fingerprint density at radius 2 is 1.04 bits per heavy atom.